The summed E-state index contributed by atoms with van der Waals surface area (Å²) >= 11 is 0. The predicted molar refractivity (Wildman–Crippen MR) is 81.9 cm³/mol. The highest BCUT2D eigenvalue weighted by Gasteiger charge is 2.20. The van der Waals surface area contributed by atoms with Gasteiger partial charge in [-0.25, -0.2) is 4.98 Å². The molecule has 0 spiro atoms. The summed E-state index contributed by atoms with van der Waals surface area (Å²) in [5.74, 6) is 0.161. The monoisotopic (exact) mass is 287 g/mol. The number of hydrogen-bond acceptors (Lipinski definition) is 4. The molecule has 1 saturated heterocycles. The zero-order valence-electron chi connectivity index (χ0n) is 12.5. The molecule has 0 aromatic carbocycles. The van der Waals surface area contributed by atoms with Crippen molar-refractivity contribution < 1.29 is 4.79 Å². The number of anilines is 1. The highest BCUT2D eigenvalue weighted by molar-refractivity contribution is 5.73. The molecule has 0 bridgehead atoms. The Labute approximate surface area is 124 Å². The molecule has 6 nitrogen and oxygen atoms in total. The number of hydrogen-bond donors (Lipinski definition) is 1. The van der Waals surface area contributed by atoms with Gasteiger partial charge in [-0.05, 0) is 19.1 Å². The molecule has 1 amide bonds. The van der Waals surface area contributed by atoms with Crippen molar-refractivity contribution in [3.05, 3.63) is 29.7 Å². The molecule has 2 aromatic heterocycles. The average molecular weight is 287 g/mol. The molecule has 2 aromatic rings. The molecule has 6 heteroatoms. The van der Waals surface area contributed by atoms with Crippen LogP contribution < -0.4 is 5.73 Å². The first-order valence-corrected chi connectivity index (χ1v) is 7.25. The third-order valence-corrected chi connectivity index (χ3v) is 4.13. The van der Waals surface area contributed by atoms with Crippen LogP contribution in [0, 0.1) is 6.92 Å². The number of carbonyl (C=O) groups is 1. The number of aromatic nitrogens is 2. The maximum atomic E-state index is 11.4. The van der Waals surface area contributed by atoms with E-state index in [-0.39, 0.29) is 5.91 Å². The van der Waals surface area contributed by atoms with Crippen LogP contribution in [0.15, 0.2) is 18.3 Å². The topological polar surface area (TPSA) is 66.9 Å². The fraction of sp³-hybridized carbons (Fsp3) is 0.467. The first-order valence-electron chi connectivity index (χ1n) is 7.25. The van der Waals surface area contributed by atoms with E-state index in [1.807, 2.05) is 30.2 Å². The van der Waals surface area contributed by atoms with Crippen LogP contribution >= 0.6 is 0 Å². The van der Waals surface area contributed by atoms with Crippen molar-refractivity contribution in [2.24, 2.45) is 0 Å². The summed E-state index contributed by atoms with van der Waals surface area (Å²) in [5.41, 5.74) is 9.76. The fourth-order valence-electron chi connectivity index (χ4n) is 2.85. The molecule has 1 aliphatic rings. The first kappa shape index (κ1) is 13.9. The van der Waals surface area contributed by atoms with Gasteiger partial charge in [0.05, 0.1) is 11.4 Å². The number of fused-ring (bicyclic) bond motifs is 1. The van der Waals surface area contributed by atoms with Crippen molar-refractivity contribution in [3.8, 4) is 0 Å². The second-order valence-electron chi connectivity index (χ2n) is 5.62. The summed E-state index contributed by atoms with van der Waals surface area (Å²) in [6.07, 6.45) is 1.93. The van der Waals surface area contributed by atoms with Crippen LogP contribution in [-0.4, -0.2) is 51.3 Å². The minimum absolute atomic E-state index is 0.161. The number of nitrogen functional groups attached to an aromatic ring is 1. The molecule has 3 heterocycles. The summed E-state index contributed by atoms with van der Waals surface area (Å²) in [6, 6.07) is 3.82. The minimum Gasteiger partial charge on any atom is -0.398 e. The zero-order chi connectivity index (χ0) is 15.0. The Morgan fingerprint density at radius 1 is 1.29 bits per heavy atom. The van der Waals surface area contributed by atoms with Gasteiger partial charge < -0.3 is 15.0 Å². The molecule has 21 heavy (non-hydrogen) atoms. The van der Waals surface area contributed by atoms with Crippen LogP contribution in [0.25, 0.3) is 5.65 Å². The summed E-state index contributed by atoms with van der Waals surface area (Å²) in [5, 5.41) is 0. The van der Waals surface area contributed by atoms with Gasteiger partial charge in [0.1, 0.15) is 5.65 Å². The molecule has 1 aliphatic heterocycles. The Morgan fingerprint density at radius 2 is 2.00 bits per heavy atom. The van der Waals surface area contributed by atoms with E-state index < -0.39 is 0 Å². The molecule has 112 valence electrons. The molecular formula is C15H21N5O. The molecule has 2 N–H and O–H groups in total. The zero-order valence-corrected chi connectivity index (χ0v) is 12.5. The molecular weight excluding hydrogens is 266 g/mol. The standard InChI is InChI=1S/C15H21N5O/c1-11-14(20-9-13(16)3-4-15(20)17-11)10-18-5-7-19(8-6-18)12(2)21/h3-4,9H,5-8,10,16H2,1-2H3. The number of piperazine rings is 1. The summed E-state index contributed by atoms with van der Waals surface area (Å²) in [7, 11) is 0. The van der Waals surface area contributed by atoms with E-state index >= 15 is 0 Å². The molecule has 0 saturated carbocycles. The van der Waals surface area contributed by atoms with Crippen molar-refractivity contribution in [3.63, 3.8) is 0 Å². The van der Waals surface area contributed by atoms with Gasteiger partial charge in [-0.3, -0.25) is 9.69 Å². The van der Waals surface area contributed by atoms with Gasteiger partial charge in [0.25, 0.3) is 0 Å². The van der Waals surface area contributed by atoms with E-state index in [2.05, 4.69) is 14.3 Å². The lowest BCUT2D eigenvalue weighted by Crippen LogP contribution is -2.47. The van der Waals surface area contributed by atoms with Crippen LogP contribution in [0.1, 0.15) is 18.3 Å². The number of aryl methyl sites for hydroxylation is 1. The van der Waals surface area contributed by atoms with E-state index in [9.17, 15) is 4.79 Å². The third-order valence-electron chi connectivity index (χ3n) is 4.13. The third kappa shape index (κ3) is 2.71. The van der Waals surface area contributed by atoms with Crippen LogP contribution in [-0.2, 0) is 11.3 Å². The number of pyridine rings is 1. The van der Waals surface area contributed by atoms with E-state index in [4.69, 9.17) is 5.73 Å². The number of rotatable bonds is 2. The van der Waals surface area contributed by atoms with E-state index in [1.165, 1.54) is 5.69 Å². The normalized spacial score (nSPS) is 16.6. The van der Waals surface area contributed by atoms with Crippen molar-refractivity contribution >= 4 is 17.2 Å². The molecule has 0 atom stereocenters. The van der Waals surface area contributed by atoms with Crippen LogP contribution in [0.3, 0.4) is 0 Å². The van der Waals surface area contributed by atoms with E-state index in [0.717, 1.165) is 49.8 Å². The number of nitrogens with zero attached hydrogens (tertiary/aromatic N) is 4. The number of amides is 1. The lowest BCUT2D eigenvalue weighted by atomic mass is 10.2. The van der Waals surface area contributed by atoms with Crippen LogP contribution in [0.4, 0.5) is 5.69 Å². The Kier molecular flexibility index (Phi) is 3.55. The Balaban J connectivity index is 1.78. The highest BCUT2D eigenvalue weighted by atomic mass is 16.2. The van der Waals surface area contributed by atoms with Gasteiger partial charge in [-0.15, -0.1) is 0 Å². The lowest BCUT2D eigenvalue weighted by molar-refractivity contribution is -0.130. The van der Waals surface area contributed by atoms with Crippen molar-refractivity contribution in [1.82, 2.24) is 19.2 Å². The summed E-state index contributed by atoms with van der Waals surface area (Å²) < 4.78 is 2.07. The number of nitrogens with two attached hydrogens (primary N) is 1. The maximum Gasteiger partial charge on any atom is 0.219 e. The van der Waals surface area contributed by atoms with Crippen molar-refractivity contribution in [1.29, 1.82) is 0 Å². The minimum atomic E-state index is 0.161. The largest absolute Gasteiger partial charge is 0.398 e. The van der Waals surface area contributed by atoms with E-state index in [0.29, 0.717) is 0 Å². The summed E-state index contributed by atoms with van der Waals surface area (Å²) in [4.78, 5) is 20.2. The van der Waals surface area contributed by atoms with Crippen LogP contribution in [0.2, 0.25) is 0 Å². The second-order valence-corrected chi connectivity index (χ2v) is 5.62. The van der Waals surface area contributed by atoms with Crippen LogP contribution in [0.5, 0.6) is 0 Å². The number of imidazole rings is 1. The molecule has 0 radical (unpaired) electrons. The number of carbonyl (C=O) groups excluding carboxylic acids is 1. The fourth-order valence-corrected chi connectivity index (χ4v) is 2.85. The Morgan fingerprint density at radius 3 is 2.67 bits per heavy atom. The van der Waals surface area contributed by atoms with Gasteiger partial charge in [-0.2, -0.15) is 0 Å². The van der Waals surface area contributed by atoms with E-state index in [1.54, 1.807) is 6.92 Å². The van der Waals surface area contributed by atoms with Gasteiger partial charge in [0.15, 0.2) is 0 Å². The SMILES string of the molecule is CC(=O)N1CCN(Cc2c(C)nc3ccc(N)cn23)CC1. The Hall–Kier alpha value is -2.08. The molecule has 3 rings (SSSR count). The first-order chi connectivity index (χ1) is 10.0. The van der Waals surface area contributed by atoms with Gasteiger partial charge >= 0.3 is 0 Å². The lowest BCUT2D eigenvalue weighted by Gasteiger charge is -2.34. The second kappa shape index (κ2) is 5.37. The predicted octanol–water partition coefficient (Wildman–Crippen LogP) is 0.889. The average Bonchev–Trinajstić information content (AvgIpc) is 2.76. The molecule has 0 unspecified atom stereocenters. The van der Waals surface area contributed by atoms with Crippen molar-refractivity contribution in [2.45, 2.75) is 20.4 Å². The summed E-state index contributed by atoms with van der Waals surface area (Å²) in [6.45, 7) is 7.89. The molecule has 0 aliphatic carbocycles. The van der Waals surface area contributed by atoms with Gasteiger partial charge in [0, 0.05) is 51.5 Å². The van der Waals surface area contributed by atoms with Gasteiger partial charge in [0.2, 0.25) is 5.91 Å². The highest BCUT2D eigenvalue weighted by Crippen LogP contribution is 2.17. The smallest absolute Gasteiger partial charge is 0.219 e. The maximum absolute atomic E-state index is 11.4. The molecule has 1 fully saturated rings. The Bertz CT molecular complexity index is 670. The quantitative estimate of drug-likeness (QED) is 0.891. The van der Waals surface area contributed by atoms with Crippen molar-refractivity contribution in [2.75, 3.05) is 31.9 Å². The van der Waals surface area contributed by atoms with Gasteiger partial charge in [-0.1, -0.05) is 0 Å².